The molecule has 1 fully saturated rings. The molecule has 1 atom stereocenters. The molecule has 4 heteroatoms. The maximum atomic E-state index is 4.35. The molecule has 0 radical (unpaired) electrons. The van der Waals surface area contributed by atoms with Gasteiger partial charge in [0.25, 0.3) is 0 Å². The molecule has 0 bridgehead atoms. The Morgan fingerprint density at radius 1 is 1.38 bits per heavy atom. The first kappa shape index (κ1) is 11.6. The number of nitrogens with zero attached hydrogens (tertiary/aromatic N) is 3. The number of aromatic nitrogens is 3. The quantitative estimate of drug-likeness (QED) is 0.850. The van der Waals surface area contributed by atoms with Crippen molar-refractivity contribution in [1.29, 1.82) is 0 Å². The van der Waals surface area contributed by atoms with Crippen molar-refractivity contribution in [2.75, 3.05) is 7.05 Å². The molecule has 1 aromatic heterocycles. The molecular weight excluding hydrogens is 200 g/mol. The molecule has 0 aromatic carbocycles. The van der Waals surface area contributed by atoms with E-state index in [0.717, 1.165) is 18.1 Å². The van der Waals surface area contributed by atoms with Gasteiger partial charge in [0.05, 0.1) is 6.04 Å². The molecule has 0 amide bonds. The highest BCUT2D eigenvalue weighted by atomic mass is 15.3. The van der Waals surface area contributed by atoms with Gasteiger partial charge in [0, 0.05) is 6.04 Å². The van der Waals surface area contributed by atoms with E-state index in [-0.39, 0.29) is 0 Å². The molecule has 0 spiro atoms. The smallest absolute Gasteiger partial charge is 0.150 e. The predicted octanol–water partition coefficient (Wildman–Crippen LogP) is 2.37. The van der Waals surface area contributed by atoms with E-state index in [0.29, 0.717) is 12.1 Å². The minimum Gasteiger partial charge on any atom is -0.311 e. The van der Waals surface area contributed by atoms with E-state index in [4.69, 9.17) is 0 Å². The largest absolute Gasteiger partial charge is 0.311 e. The van der Waals surface area contributed by atoms with Crippen molar-refractivity contribution < 1.29 is 0 Å². The van der Waals surface area contributed by atoms with Crippen molar-refractivity contribution in [3.8, 4) is 0 Å². The third-order valence-electron chi connectivity index (χ3n) is 3.65. The zero-order chi connectivity index (χ0) is 11.5. The molecule has 16 heavy (non-hydrogen) atoms. The third-order valence-corrected chi connectivity index (χ3v) is 3.65. The van der Waals surface area contributed by atoms with Crippen LogP contribution in [0, 0.1) is 6.92 Å². The second-order valence-corrected chi connectivity index (χ2v) is 4.66. The summed E-state index contributed by atoms with van der Waals surface area (Å²) in [6.45, 7) is 4.25. The number of rotatable bonds is 4. The summed E-state index contributed by atoms with van der Waals surface area (Å²) in [5, 5.41) is 11.9. The fourth-order valence-corrected chi connectivity index (χ4v) is 2.75. The molecular formula is C12H22N4. The van der Waals surface area contributed by atoms with Gasteiger partial charge in [-0.25, -0.2) is 0 Å². The molecule has 1 aromatic rings. The zero-order valence-corrected chi connectivity index (χ0v) is 10.5. The van der Waals surface area contributed by atoms with E-state index in [1.165, 1.54) is 25.7 Å². The van der Waals surface area contributed by atoms with Crippen LogP contribution in [0.3, 0.4) is 0 Å². The lowest BCUT2D eigenvalue weighted by Crippen LogP contribution is -2.22. The molecule has 1 unspecified atom stereocenters. The lowest BCUT2D eigenvalue weighted by molar-refractivity contribution is 0.440. The Kier molecular flexibility index (Phi) is 3.59. The van der Waals surface area contributed by atoms with Crippen LogP contribution in [0.25, 0.3) is 0 Å². The van der Waals surface area contributed by atoms with E-state index < -0.39 is 0 Å². The van der Waals surface area contributed by atoms with Crippen LogP contribution < -0.4 is 5.32 Å². The second-order valence-electron chi connectivity index (χ2n) is 4.66. The first-order chi connectivity index (χ1) is 7.77. The average Bonchev–Trinajstić information content (AvgIpc) is 2.90. The van der Waals surface area contributed by atoms with Gasteiger partial charge in [0.1, 0.15) is 11.6 Å². The lowest BCUT2D eigenvalue weighted by atomic mass is 10.2. The van der Waals surface area contributed by atoms with E-state index in [2.05, 4.69) is 33.9 Å². The van der Waals surface area contributed by atoms with Gasteiger partial charge < -0.3 is 9.88 Å². The van der Waals surface area contributed by atoms with E-state index in [1.54, 1.807) is 0 Å². The Labute approximate surface area is 97.5 Å². The normalized spacial score (nSPS) is 19.2. The molecule has 1 N–H and O–H groups in total. The SMILES string of the molecule is CCC(NC)c1nnc(C)n1C1CCCC1. The topological polar surface area (TPSA) is 42.7 Å². The molecule has 0 saturated heterocycles. The second kappa shape index (κ2) is 4.95. The first-order valence-electron chi connectivity index (χ1n) is 6.36. The van der Waals surface area contributed by atoms with Crippen molar-refractivity contribution in [3.05, 3.63) is 11.6 Å². The monoisotopic (exact) mass is 222 g/mol. The van der Waals surface area contributed by atoms with Gasteiger partial charge in [-0.05, 0) is 33.2 Å². The van der Waals surface area contributed by atoms with Gasteiger partial charge in [-0.15, -0.1) is 10.2 Å². The summed E-state index contributed by atoms with van der Waals surface area (Å²) < 4.78 is 2.36. The maximum Gasteiger partial charge on any atom is 0.150 e. The van der Waals surface area contributed by atoms with Gasteiger partial charge in [-0.3, -0.25) is 0 Å². The van der Waals surface area contributed by atoms with Crippen LogP contribution >= 0.6 is 0 Å². The van der Waals surface area contributed by atoms with Crippen molar-refractivity contribution in [2.24, 2.45) is 0 Å². The van der Waals surface area contributed by atoms with Gasteiger partial charge in [-0.2, -0.15) is 0 Å². The third kappa shape index (κ3) is 1.98. The van der Waals surface area contributed by atoms with E-state index >= 15 is 0 Å². The van der Waals surface area contributed by atoms with Crippen LogP contribution in [0.15, 0.2) is 0 Å². The molecule has 4 nitrogen and oxygen atoms in total. The minimum absolute atomic E-state index is 0.335. The van der Waals surface area contributed by atoms with Gasteiger partial charge >= 0.3 is 0 Å². The Balaban J connectivity index is 2.30. The predicted molar refractivity (Wildman–Crippen MR) is 64.4 cm³/mol. The lowest BCUT2D eigenvalue weighted by Gasteiger charge is -2.20. The summed E-state index contributed by atoms with van der Waals surface area (Å²) >= 11 is 0. The Morgan fingerprint density at radius 2 is 2.06 bits per heavy atom. The molecule has 2 rings (SSSR count). The highest BCUT2D eigenvalue weighted by Gasteiger charge is 2.25. The number of hydrogen-bond acceptors (Lipinski definition) is 3. The van der Waals surface area contributed by atoms with E-state index in [1.807, 2.05) is 7.05 Å². The zero-order valence-electron chi connectivity index (χ0n) is 10.5. The highest BCUT2D eigenvalue weighted by Crippen LogP contribution is 2.32. The molecule has 0 aliphatic heterocycles. The summed E-state index contributed by atoms with van der Waals surface area (Å²) in [6, 6.07) is 0.967. The summed E-state index contributed by atoms with van der Waals surface area (Å²) in [7, 11) is 2.00. The molecule has 1 aliphatic carbocycles. The van der Waals surface area contributed by atoms with Gasteiger partial charge in [-0.1, -0.05) is 19.8 Å². The molecule has 1 aliphatic rings. The highest BCUT2D eigenvalue weighted by molar-refractivity contribution is 5.03. The number of hydrogen-bond donors (Lipinski definition) is 1. The summed E-state index contributed by atoms with van der Waals surface area (Å²) in [5.41, 5.74) is 0. The molecule has 1 heterocycles. The maximum absolute atomic E-state index is 4.35. The van der Waals surface area contributed by atoms with E-state index in [9.17, 15) is 0 Å². The Bertz CT molecular complexity index is 335. The van der Waals surface area contributed by atoms with Crippen LogP contribution in [-0.2, 0) is 0 Å². The number of aryl methyl sites for hydroxylation is 1. The van der Waals surface area contributed by atoms with Crippen LogP contribution in [0.4, 0.5) is 0 Å². The summed E-state index contributed by atoms with van der Waals surface area (Å²) in [4.78, 5) is 0. The van der Waals surface area contributed by atoms with Crippen LogP contribution in [0.2, 0.25) is 0 Å². The number of nitrogens with one attached hydrogen (secondary N) is 1. The Hall–Kier alpha value is -0.900. The summed E-state index contributed by atoms with van der Waals surface area (Å²) in [5.74, 6) is 2.19. The van der Waals surface area contributed by atoms with Crippen molar-refractivity contribution in [2.45, 2.75) is 58.0 Å². The van der Waals surface area contributed by atoms with Crippen molar-refractivity contribution >= 4 is 0 Å². The Morgan fingerprint density at radius 3 is 2.62 bits per heavy atom. The van der Waals surface area contributed by atoms with Crippen molar-refractivity contribution in [3.63, 3.8) is 0 Å². The van der Waals surface area contributed by atoms with Gasteiger partial charge in [0.15, 0.2) is 0 Å². The van der Waals surface area contributed by atoms with Gasteiger partial charge in [0.2, 0.25) is 0 Å². The average molecular weight is 222 g/mol. The first-order valence-corrected chi connectivity index (χ1v) is 6.36. The standard InChI is InChI=1S/C12H22N4/c1-4-11(13-3)12-15-14-9(2)16(12)10-7-5-6-8-10/h10-11,13H,4-8H2,1-3H3. The minimum atomic E-state index is 0.335. The fourth-order valence-electron chi connectivity index (χ4n) is 2.75. The fraction of sp³-hybridized carbons (Fsp3) is 0.833. The van der Waals surface area contributed by atoms with Crippen LogP contribution in [-0.4, -0.2) is 21.8 Å². The molecule has 90 valence electrons. The van der Waals surface area contributed by atoms with Crippen LogP contribution in [0.5, 0.6) is 0 Å². The van der Waals surface area contributed by atoms with Crippen molar-refractivity contribution in [1.82, 2.24) is 20.1 Å². The van der Waals surface area contributed by atoms with Crippen LogP contribution in [0.1, 0.15) is 62.8 Å². The molecule has 1 saturated carbocycles. The summed E-state index contributed by atoms with van der Waals surface area (Å²) in [6.07, 6.45) is 6.32.